The Morgan fingerprint density at radius 2 is 2.29 bits per heavy atom. The Bertz CT molecular complexity index is 397. The summed E-state index contributed by atoms with van der Waals surface area (Å²) in [6.45, 7) is 6.54. The first kappa shape index (κ1) is 13.2. The molecule has 0 aliphatic carbocycles. The monoisotopic (exact) mass is 316 g/mol. The standard InChI is InChI=1S/C13H18BrClN2/c1-3-10-7-16-9(2)8-17(10)11-4-5-12(14)13(15)6-11/h4-6,9-10,16H,3,7-8H2,1-2H3. The fourth-order valence-corrected chi connectivity index (χ4v) is 2.72. The predicted octanol–water partition coefficient (Wildman–Crippen LogP) is 3.68. The molecule has 1 fully saturated rings. The van der Waals surface area contributed by atoms with Crippen molar-refractivity contribution in [3.05, 3.63) is 27.7 Å². The number of nitrogens with zero attached hydrogens (tertiary/aromatic N) is 1. The molecule has 0 radical (unpaired) electrons. The van der Waals surface area contributed by atoms with E-state index in [0.29, 0.717) is 12.1 Å². The van der Waals surface area contributed by atoms with Crippen molar-refractivity contribution < 1.29 is 0 Å². The van der Waals surface area contributed by atoms with Crippen LogP contribution in [0.1, 0.15) is 20.3 Å². The third-order valence-corrected chi connectivity index (χ3v) is 4.55. The molecule has 0 bridgehead atoms. The minimum Gasteiger partial charge on any atom is -0.366 e. The van der Waals surface area contributed by atoms with Crippen LogP contribution in [0.3, 0.4) is 0 Å². The highest BCUT2D eigenvalue weighted by atomic mass is 79.9. The van der Waals surface area contributed by atoms with Gasteiger partial charge in [-0.2, -0.15) is 0 Å². The molecule has 4 heteroatoms. The summed E-state index contributed by atoms with van der Waals surface area (Å²) >= 11 is 9.61. The number of halogens is 2. The quantitative estimate of drug-likeness (QED) is 0.895. The zero-order valence-electron chi connectivity index (χ0n) is 10.2. The number of hydrogen-bond donors (Lipinski definition) is 1. The molecule has 2 nitrogen and oxygen atoms in total. The van der Waals surface area contributed by atoms with Gasteiger partial charge in [0.2, 0.25) is 0 Å². The van der Waals surface area contributed by atoms with E-state index in [4.69, 9.17) is 11.6 Å². The number of rotatable bonds is 2. The van der Waals surface area contributed by atoms with E-state index in [1.165, 1.54) is 5.69 Å². The van der Waals surface area contributed by atoms with Crippen molar-refractivity contribution in [1.82, 2.24) is 5.32 Å². The van der Waals surface area contributed by atoms with E-state index >= 15 is 0 Å². The second kappa shape index (κ2) is 5.59. The van der Waals surface area contributed by atoms with Gasteiger partial charge >= 0.3 is 0 Å². The van der Waals surface area contributed by atoms with Gasteiger partial charge in [0.15, 0.2) is 0 Å². The molecule has 0 amide bonds. The normalized spacial score (nSPS) is 25.1. The maximum absolute atomic E-state index is 6.17. The van der Waals surface area contributed by atoms with E-state index in [-0.39, 0.29) is 0 Å². The molecule has 1 aromatic rings. The average molecular weight is 318 g/mol. The molecular formula is C13H18BrClN2. The van der Waals surface area contributed by atoms with Crippen LogP contribution in [0.2, 0.25) is 5.02 Å². The Hall–Kier alpha value is -0.250. The summed E-state index contributed by atoms with van der Waals surface area (Å²) in [5.41, 5.74) is 1.22. The molecular weight excluding hydrogens is 300 g/mol. The van der Waals surface area contributed by atoms with Crippen LogP contribution in [-0.4, -0.2) is 25.2 Å². The van der Waals surface area contributed by atoms with Crippen molar-refractivity contribution in [2.75, 3.05) is 18.0 Å². The van der Waals surface area contributed by atoms with Crippen LogP contribution in [0, 0.1) is 0 Å². The van der Waals surface area contributed by atoms with E-state index in [1.807, 2.05) is 12.1 Å². The first-order chi connectivity index (χ1) is 8.11. The lowest BCUT2D eigenvalue weighted by molar-refractivity contribution is 0.402. The SMILES string of the molecule is CCC1CNC(C)CN1c1ccc(Br)c(Cl)c1. The molecule has 1 aromatic carbocycles. The number of hydrogen-bond acceptors (Lipinski definition) is 2. The Balaban J connectivity index is 2.25. The molecule has 2 atom stereocenters. The molecule has 0 aromatic heterocycles. The molecule has 17 heavy (non-hydrogen) atoms. The first-order valence-electron chi connectivity index (χ1n) is 6.07. The van der Waals surface area contributed by atoms with Crippen LogP contribution in [0.15, 0.2) is 22.7 Å². The van der Waals surface area contributed by atoms with Gasteiger partial charge in [-0.25, -0.2) is 0 Å². The van der Waals surface area contributed by atoms with E-state index in [1.54, 1.807) is 0 Å². The van der Waals surface area contributed by atoms with Gasteiger partial charge in [0.1, 0.15) is 0 Å². The van der Waals surface area contributed by atoms with Crippen LogP contribution in [-0.2, 0) is 0 Å². The topological polar surface area (TPSA) is 15.3 Å². The highest BCUT2D eigenvalue weighted by Crippen LogP contribution is 2.29. The second-order valence-corrected chi connectivity index (χ2v) is 5.88. The Kier molecular flexibility index (Phi) is 4.34. The highest BCUT2D eigenvalue weighted by molar-refractivity contribution is 9.10. The molecule has 2 unspecified atom stereocenters. The van der Waals surface area contributed by atoms with Crippen molar-refractivity contribution in [3.63, 3.8) is 0 Å². The van der Waals surface area contributed by atoms with E-state index in [2.05, 4.69) is 46.1 Å². The molecule has 1 heterocycles. The molecule has 2 rings (SSSR count). The van der Waals surface area contributed by atoms with Crippen molar-refractivity contribution >= 4 is 33.2 Å². The van der Waals surface area contributed by atoms with E-state index in [0.717, 1.165) is 29.0 Å². The number of anilines is 1. The Morgan fingerprint density at radius 3 is 2.94 bits per heavy atom. The average Bonchev–Trinajstić information content (AvgIpc) is 2.32. The lowest BCUT2D eigenvalue weighted by Crippen LogP contribution is -2.55. The summed E-state index contributed by atoms with van der Waals surface area (Å²) in [6.07, 6.45) is 1.15. The highest BCUT2D eigenvalue weighted by Gasteiger charge is 2.24. The maximum Gasteiger partial charge on any atom is 0.0568 e. The number of nitrogens with one attached hydrogen (secondary N) is 1. The summed E-state index contributed by atoms with van der Waals surface area (Å²) in [7, 11) is 0. The molecule has 0 spiro atoms. The second-order valence-electron chi connectivity index (χ2n) is 4.62. The third kappa shape index (κ3) is 2.95. The maximum atomic E-state index is 6.17. The molecule has 0 saturated carbocycles. The molecule has 1 N–H and O–H groups in total. The van der Waals surface area contributed by atoms with Crippen molar-refractivity contribution in [3.8, 4) is 0 Å². The van der Waals surface area contributed by atoms with Crippen LogP contribution < -0.4 is 10.2 Å². The van der Waals surface area contributed by atoms with Crippen molar-refractivity contribution in [2.45, 2.75) is 32.4 Å². The van der Waals surface area contributed by atoms with Gasteiger partial charge in [-0.3, -0.25) is 0 Å². The lowest BCUT2D eigenvalue weighted by atomic mass is 10.1. The summed E-state index contributed by atoms with van der Waals surface area (Å²) in [4.78, 5) is 2.46. The van der Waals surface area contributed by atoms with Gasteiger partial charge < -0.3 is 10.2 Å². The van der Waals surface area contributed by atoms with Gasteiger partial charge in [-0.15, -0.1) is 0 Å². The molecule has 1 aliphatic rings. The summed E-state index contributed by atoms with van der Waals surface area (Å²) in [5, 5.41) is 4.31. The van der Waals surface area contributed by atoms with Crippen LogP contribution in [0.5, 0.6) is 0 Å². The smallest absolute Gasteiger partial charge is 0.0568 e. The molecule has 1 saturated heterocycles. The molecule has 1 aliphatic heterocycles. The lowest BCUT2D eigenvalue weighted by Gasteiger charge is -2.40. The summed E-state index contributed by atoms with van der Waals surface area (Å²) in [6, 6.07) is 7.30. The zero-order chi connectivity index (χ0) is 12.4. The largest absolute Gasteiger partial charge is 0.366 e. The Labute approximate surface area is 116 Å². The molecule has 94 valence electrons. The van der Waals surface area contributed by atoms with Crippen LogP contribution in [0.25, 0.3) is 0 Å². The predicted molar refractivity (Wildman–Crippen MR) is 78.0 cm³/mol. The van der Waals surface area contributed by atoms with Gasteiger partial charge in [-0.05, 0) is 47.5 Å². The fraction of sp³-hybridized carbons (Fsp3) is 0.538. The zero-order valence-corrected chi connectivity index (χ0v) is 12.6. The first-order valence-corrected chi connectivity index (χ1v) is 7.24. The minimum atomic E-state index is 0.528. The number of benzene rings is 1. The third-order valence-electron chi connectivity index (χ3n) is 3.32. The van der Waals surface area contributed by atoms with E-state index < -0.39 is 0 Å². The summed E-state index contributed by atoms with van der Waals surface area (Å²) in [5.74, 6) is 0. The van der Waals surface area contributed by atoms with Gasteiger partial charge in [-0.1, -0.05) is 18.5 Å². The van der Waals surface area contributed by atoms with Gasteiger partial charge in [0.25, 0.3) is 0 Å². The van der Waals surface area contributed by atoms with Gasteiger partial charge in [0.05, 0.1) is 5.02 Å². The minimum absolute atomic E-state index is 0.528. The fourth-order valence-electron chi connectivity index (χ4n) is 2.30. The van der Waals surface area contributed by atoms with E-state index in [9.17, 15) is 0 Å². The van der Waals surface area contributed by atoms with Crippen LogP contribution in [0.4, 0.5) is 5.69 Å². The Morgan fingerprint density at radius 1 is 1.53 bits per heavy atom. The van der Waals surface area contributed by atoms with Crippen molar-refractivity contribution in [1.29, 1.82) is 0 Å². The van der Waals surface area contributed by atoms with Crippen LogP contribution >= 0.6 is 27.5 Å². The summed E-state index contributed by atoms with van der Waals surface area (Å²) < 4.78 is 0.958. The van der Waals surface area contributed by atoms with Crippen molar-refractivity contribution in [2.24, 2.45) is 0 Å². The number of piperazine rings is 1. The van der Waals surface area contributed by atoms with Gasteiger partial charge in [0, 0.05) is 35.3 Å².